The van der Waals surface area contributed by atoms with Crippen LogP contribution in [0.1, 0.15) is 52.4 Å². The first-order valence-electron chi connectivity index (χ1n) is 8.38. The van der Waals surface area contributed by atoms with E-state index in [2.05, 4.69) is 31.1 Å². The molecule has 1 amide bonds. The zero-order valence-corrected chi connectivity index (χ0v) is 13.4. The SMILES string of the molecule is CCN(CC)C(=O)CCCN(C)C1CC2CCC(C1)N2. The van der Waals surface area contributed by atoms with Crippen LogP contribution >= 0.6 is 0 Å². The first-order valence-corrected chi connectivity index (χ1v) is 8.38. The summed E-state index contributed by atoms with van der Waals surface area (Å²) >= 11 is 0. The van der Waals surface area contributed by atoms with E-state index in [1.165, 1.54) is 25.7 Å². The first kappa shape index (κ1) is 15.8. The number of piperidine rings is 1. The lowest BCUT2D eigenvalue weighted by atomic mass is 9.98. The Hall–Kier alpha value is -0.610. The summed E-state index contributed by atoms with van der Waals surface area (Å²) in [7, 11) is 2.23. The Morgan fingerprint density at radius 1 is 1.15 bits per heavy atom. The Kier molecular flexibility index (Phi) is 5.85. The lowest BCUT2D eigenvalue weighted by Crippen LogP contribution is -2.47. The van der Waals surface area contributed by atoms with Gasteiger partial charge in [-0.25, -0.2) is 0 Å². The van der Waals surface area contributed by atoms with Gasteiger partial charge in [-0.3, -0.25) is 4.79 Å². The number of carbonyl (C=O) groups is 1. The van der Waals surface area contributed by atoms with Crippen molar-refractivity contribution in [3.05, 3.63) is 0 Å². The molecule has 2 fully saturated rings. The van der Waals surface area contributed by atoms with Crippen LogP contribution in [0.15, 0.2) is 0 Å². The van der Waals surface area contributed by atoms with Crippen molar-refractivity contribution in [3.63, 3.8) is 0 Å². The third-order valence-electron chi connectivity index (χ3n) is 5.09. The van der Waals surface area contributed by atoms with Crippen molar-refractivity contribution >= 4 is 5.91 Å². The highest BCUT2D eigenvalue weighted by molar-refractivity contribution is 5.76. The molecule has 2 rings (SSSR count). The second kappa shape index (κ2) is 7.41. The number of hydrogen-bond donors (Lipinski definition) is 1. The maximum Gasteiger partial charge on any atom is 0.222 e. The lowest BCUT2D eigenvalue weighted by Gasteiger charge is -2.35. The zero-order chi connectivity index (χ0) is 14.5. The second-order valence-corrected chi connectivity index (χ2v) is 6.41. The van der Waals surface area contributed by atoms with Crippen molar-refractivity contribution in [2.24, 2.45) is 0 Å². The predicted molar refractivity (Wildman–Crippen MR) is 82.8 cm³/mol. The van der Waals surface area contributed by atoms with Gasteiger partial charge in [0.05, 0.1) is 0 Å². The lowest BCUT2D eigenvalue weighted by molar-refractivity contribution is -0.131. The van der Waals surface area contributed by atoms with Gasteiger partial charge in [0.15, 0.2) is 0 Å². The molecule has 0 aromatic heterocycles. The number of nitrogens with zero attached hydrogens (tertiary/aromatic N) is 2. The van der Waals surface area contributed by atoms with E-state index < -0.39 is 0 Å². The van der Waals surface area contributed by atoms with Crippen LogP contribution in [-0.2, 0) is 4.79 Å². The maximum absolute atomic E-state index is 12.0. The van der Waals surface area contributed by atoms with Gasteiger partial charge < -0.3 is 15.1 Å². The number of hydrogen-bond acceptors (Lipinski definition) is 3. The minimum absolute atomic E-state index is 0.314. The van der Waals surface area contributed by atoms with Crippen LogP contribution < -0.4 is 5.32 Å². The summed E-state index contributed by atoms with van der Waals surface area (Å²) in [5.41, 5.74) is 0. The van der Waals surface area contributed by atoms with Crippen molar-refractivity contribution in [1.29, 1.82) is 0 Å². The molecular weight excluding hydrogens is 250 g/mol. The summed E-state index contributed by atoms with van der Waals surface area (Å²) in [5.74, 6) is 0.314. The van der Waals surface area contributed by atoms with Crippen LogP contribution in [0.5, 0.6) is 0 Å². The second-order valence-electron chi connectivity index (χ2n) is 6.41. The average Bonchev–Trinajstić information content (AvgIpc) is 2.78. The zero-order valence-electron chi connectivity index (χ0n) is 13.4. The molecule has 116 valence electrons. The fourth-order valence-corrected chi connectivity index (χ4v) is 3.78. The quantitative estimate of drug-likeness (QED) is 0.773. The minimum atomic E-state index is 0.314. The Labute approximate surface area is 123 Å². The topological polar surface area (TPSA) is 35.6 Å². The molecule has 2 aliphatic heterocycles. The molecule has 2 atom stereocenters. The summed E-state index contributed by atoms with van der Waals surface area (Å²) in [6.07, 6.45) is 6.98. The highest BCUT2D eigenvalue weighted by atomic mass is 16.2. The van der Waals surface area contributed by atoms with Gasteiger partial charge in [-0.2, -0.15) is 0 Å². The molecule has 2 heterocycles. The Bertz CT molecular complexity index is 305. The molecule has 4 heteroatoms. The van der Waals surface area contributed by atoms with Crippen LogP contribution in [-0.4, -0.2) is 60.5 Å². The minimum Gasteiger partial charge on any atom is -0.343 e. The van der Waals surface area contributed by atoms with Gasteiger partial charge in [-0.1, -0.05) is 0 Å². The van der Waals surface area contributed by atoms with Crippen LogP contribution in [0.2, 0.25) is 0 Å². The first-order chi connectivity index (χ1) is 9.63. The van der Waals surface area contributed by atoms with Crippen LogP contribution in [0, 0.1) is 0 Å². The highest BCUT2D eigenvalue weighted by Crippen LogP contribution is 2.29. The van der Waals surface area contributed by atoms with E-state index >= 15 is 0 Å². The molecule has 2 bridgehead atoms. The molecule has 0 spiro atoms. The normalized spacial score (nSPS) is 28.9. The van der Waals surface area contributed by atoms with Crippen LogP contribution in [0.3, 0.4) is 0 Å². The van der Waals surface area contributed by atoms with Crippen LogP contribution in [0.4, 0.5) is 0 Å². The fourth-order valence-electron chi connectivity index (χ4n) is 3.78. The van der Waals surface area contributed by atoms with E-state index in [1.54, 1.807) is 0 Å². The number of carbonyl (C=O) groups excluding carboxylic acids is 1. The summed E-state index contributed by atoms with van der Waals surface area (Å²) in [6, 6.07) is 2.22. The molecule has 2 saturated heterocycles. The Morgan fingerprint density at radius 3 is 2.30 bits per heavy atom. The Balaban J connectivity index is 1.67. The van der Waals surface area contributed by atoms with Gasteiger partial charge in [0.1, 0.15) is 0 Å². The monoisotopic (exact) mass is 281 g/mol. The highest BCUT2D eigenvalue weighted by Gasteiger charge is 2.34. The van der Waals surface area contributed by atoms with Crippen molar-refractivity contribution in [2.45, 2.75) is 70.5 Å². The summed E-state index contributed by atoms with van der Waals surface area (Å²) < 4.78 is 0. The third-order valence-corrected chi connectivity index (χ3v) is 5.09. The molecule has 2 unspecified atom stereocenters. The largest absolute Gasteiger partial charge is 0.343 e. The van der Waals surface area contributed by atoms with Gasteiger partial charge >= 0.3 is 0 Å². The molecule has 4 nitrogen and oxygen atoms in total. The fraction of sp³-hybridized carbons (Fsp3) is 0.938. The van der Waals surface area contributed by atoms with Crippen molar-refractivity contribution in [1.82, 2.24) is 15.1 Å². The molecule has 0 saturated carbocycles. The van der Waals surface area contributed by atoms with Gasteiger partial charge in [0.25, 0.3) is 0 Å². The number of amides is 1. The molecule has 0 aromatic carbocycles. The summed E-state index contributed by atoms with van der Waals surface area (Å²) in [5, 5.41) is 3.69. The molecule has 2 aliphatic rings. The molecule has 0 aromatic rings. The van der Waals surface area contributed by atoms with Crippen molar-refractivity contribution < 1.29 is 4.79 Å². The van der Waals surface area contributed by atoms with Crippen molar-refractivity contribution in [3.8, 4) is 0 Å². The van der Waals surface area contributed by atoms with E-state index in [0.29, 0.717) is 12.3 Å². The molecular formula is C16H31N3O. The molecule has 1 N–H and O–H groups in total. The van der Waals surface area contributed by atoms with E-state index in [0.717, 1.165) is 44.2 Å². The smallest absolute Gasteiger partial charge is 0.222 e. The van der Waals surface area contributed by atoms with Gasteiger partial charge in [0, 0.05) is 37.6 Å². The predicted octanol–water partition coefficient (Wildman–Crippen LogP) is 1.85. The van der Waals surface area contributed by atoms with Gasteiger partial charge in [-0.15, -0.1) is 0 Å². The van der Waals surface area contributed by atoms with Gasteiger partial charge in [-0.05, 0) is 59.5 Å². The third kappa shape index (κ3) is 3.95. The van der Waals surface area contributed by atoms with Gasteiger partial charge in [0.2, 0.25) is 5.91 Å². The van der Waals surface area contributed by atoms with E-state index in [1.807, 2.05) is 4.90 Å². The molecule has 0 aliphatic carbocycles. The number of rotatable bonds is 7. The summed E-state index contributed by atoms with van der Waals surface area (Å²) in [6.45, 7) is 6.83. The number of nitrogens with one attached hydrogen (secondary N) is 1. The maximum atomic E-state index is 12.0. The van der Waals surface area contributed by atoms with E-state index in [4.69, 9.17) is 0 Å². The summed E-state index contributed by atoms with van der Waals surface area (Å²) in [4.78, 5) is 16.4. The molecule has 20 heavy (non-hydrogen) atoms. The van der Waals surface area contributed by atoms with Crippen LogP contribution in [0.25, 0.3) is 0 Å². The number of fused-ring (bicyclic) bond motifs is 2. The average molecular weight is 281 g/mol. The molecule has 0 radical (unpaired) electrons. The standard InChI is InChI=1S/C16H31N3O/c1-4-19(5-2)16(20)7-6-10-18(3)15-11-13-8-9-14(12-15)17-13/h13-15,17H,4-12H2,1-3H3. The Morgan fingerprint density at radius 2 is 1.75 bits per heavy atom. The van der Waals surface area contributed by atoms with Crippen molar-refractivity contribution in [2.75, 3.05) is 26.7 Å². The van der Waals surface area contributed by atoms with E-state index in [-0.39, 0.29) is 0 Å². The van der Waals surface area contributed by atoms with E-state index in [9.17, 15) is 4.79 Å².